The van der Waals surface area contributed by atoms with Gasteiger partial charge in [0.05, 0.1) is 0 Å². The molecule has 3 aromatic heterocycles. The topological polar surface area (TPSA) is 152 Å². The molecule has 12 heteroatoms. The number of aromatic amines is 5. The molecule has 0 amide bonds. The fourth-order valence-corrected chi connectivity index (χ4v) is 1.58. The predicted octanol–water partition coefficient (Wildman–Crippen LogP) is -0.0614. The fraction of sp³-hybridized carbons (Fsp3) is 0.0769. The first-order valence-electron chi connectivity index (χ1n) is 6.60. The number of nitrogens with one attached hydrogen (secondary N) is 5. The smallest absolute Gasteiger partial charge is 0.328 e. The average Bonchev–Trinajstić information content (AvgIpc) is 2.52. The molecule has 132 valence electrons. The van der Waals surface area contributed by atoms with Gasteiger partial charge in [0, 0.05) is 37.8 Å². The number of aromatic nitrogens is 6. The minimum Gasteiger partial charge on any atom is -0.339 e. The Morgan fingerprint density at radius 3 is 1.88 bits per heavy atom. The molecule has 0 fully saturated rings. The highest BCUT2D eigenvalue weighted by Gasteiger charge is 1.85. The monoisotopic (exact) mass is 382 g/mol. The van der Waals surface area contributed by atoms with Crippen LogP contribution in [0.4, 0.5) is 0 Å². The molecule has 0 atom stereocenters. The Morgan fingerprint density at radius 2 is 1.48 bits per heavy atom. The molecular formula is C13H14N6O4S2. The summed E-state index contributed by atoms with van der Waals surface area (Å²) in [6, 6.07) is 4.27. The average molecular weight is 382 g/mol. The maximum atomic E-state index is 10.5. The number of aryl methyl sites for hydroxylation is 1. The largest absolute Gasteiger partial charge is 0.339 e. The summed E-state index contributed by atoms with van der Waals surface area (Å²) >= 11 is 9.21. The van der Waals surface area contributed by atoms with Gasteiger partial charge in [-0.3, -0.25) is 24.5 Å². The van der Waals surface area contributed by atoms with Crippen LogP contribution in [0.15, 0.2) is 56.0 Å². The molecule has 0 aliphatic heterocycles. The SMILES string of the molecule is Cn1ccc(=O)[nH]c1=O.O=c1[nH]ccc(=S)[nH]1.O=c1cc[nH]c(=S)[nH]1. The van der Waals surface area contributed by atoms with Crippen LogP contribution in [0.25, 0.3) is 0 Å². The van der Waals surface area contributed by atoms with Crippen molar-refractivity contribution in [2.45, 2.75) is 0 Å². The van der Waals surface area contributed by atoms with Gasteiger partial charge in [0.25, 0.3) is 11.1 Å². The van der Waals surface area contributed by atoms with Crippen LogP contribution in [0.1, 0.15) is 0 Å². The van der Waals surface area contributed by atoms with Crippen molar-refractivity contribution in [1.82, 2.24) is 29.5 Å². The zero-order chi connectivity index (χ0) is 18.8. The second-order valence-corrected chi connectivity index (χ2v) is 5.16. The first-order chi connectivity index (χ1) is 11.8. The normalized spacial score (nSPS) is 9.16. The molecule has 25 heavy (non-hydrogen) atoms. The molecule has 0 saturated heterocycles. The van der Waals surface area contributed by atoms with E-state index in [0.29, 0.717) is 9.41 Å². The van der Waals surface area contributed by atoms with Crippen molar-refractivity contribution in [3.8, 4) is 0 Å². The molecule has 0 aliphatic carbocycles. The van der Waals surface area contributed by atoms with Gasteiger partial charge in [0.1, 0.15) is 4.64 Å². The van der Waals surface area contributed by atoms with E-state index in [0.717, 1.165) is 0 Å². The Hall–Kier alpha value is -3.12. The molecule has 0 saturated carbocycles. The Balaban J connectivity index is 0.000000188. The lowest BCUT2D eigenvalue weighted by Crippen LogP contribution is -2.26. The van der Waals surface area contributed by atoms with Gasteiger partial charge in [0.15, 0.2) is 4.77 Å². The highest BCUT2D eigenvalue weighted by atomic mass is 32.1. The van der Waals surface area contributed by atoms with Crippen LogP contribution in [0, 0.1) is 9.41 Å². The van der Waals surface area contributed by atoms with Crippen molar-refractivity contribution < 1.29 is 0 Å². The predicted molar refractivity (Wildman–Crippen MR) is 96.8 cm³/mol. The van der Waals surface area contributed by atoms with E-state index in [2.05, 4.69) is 49.4 Å². The van der Waals surface area contributed by atoms with Crippen molar-refractivity contribution >= 4 is 24.4 Å². The van der Waals surface area contributed by atoms with Crippen molar-refractivity contribution in [2.24, 2.45) is 7.05 Å². The van der Waals surface area contributed by atoms with Crippen LogP contribution < -0.4 is 22.5 Å². The first-order valence-corrected chi connectivity index (χ1v) is 7.41. The lowest BCUT2D eigenvalue weighted by molar-refractivity contribution is 0.799. The third-order valence-corrected chi connectivity index (χ3v) is 2.83. The third kappa shape index (κ3) is 8.34. The van der Waals surface area contributed by atoms with Gasteiger partial charge in [-0.25, -0.2) is 9.59 Å². The van der Waals surface area contributed by atoms with E-state index >= 15 is 0 Å². The lowest BCUT2D eigenvalue weighted by Gasteiger charge is -1.89. The van der Waals surface area contributed by atoms with Crippen molar-refractivity contribution in [3.63, 3.8) is 0 Å². The number of nitrogens with zero attached hydrogens (tertiary/aromatic N) is 1. The zero-order valence-electron chi connectivity index (χ0n) is 12.9. The van der Waals surface area contributed by atoms with Crippen LogP contribution >= 0.6 is 24.4 Å². The summed E-state index contributed by atoms with van der Waals surface area (Å²) in [6.07, 6.45) is 4.42. The van der Waals surface area contributed by atoms with Crippen molar-refractivity contribution in [1.29, 1.82) is 0 Å². The van der Waals surface area contributed by atoms with Gasteiger partial charge in [-0.05, 0) is 18.3 Å². The van der Waals surface area contributed by atoms with Crippen molar-refractivity contribution in [2.75, 3.05) is 0 Å². The summed E-state index contributed by atoms with van der Waals surface area (Å²) in [6.45, 7) is 0. The quantitative estimate of drug-likeness (QED) is 0.343. The van der Waals surface area contributed by atoms with Gasteiger partial charge in [-0.15, -0.1) is 0 Å². The molecule has 3 heterocycles. The molecule has 0 bridgehead atoms. The standard InChI is InChI=1S/C5H6N2O2.2C4H4N2OS/c1-7-3-2-4(8)6-5(7)9;7-4-5-2-1-3(8)6-4;7-3-1-2-5-4(8)6-3/h2-3H,1H3,(H,6,8,9);2*1-2H,(H2,5,6,7,8). The highest BCUT2D eigenvalue weighted by Crippen LogP contribution is 1.72. The van der Waals surface area contributed by atoms with E-state index in [-0.39, 0.29) is 22.5 Å². The lowest BCUT2D eigenvalue weighted by atomic mass is 10.6. The van der Waals surface area contributed by atoms with Gasteiger partial charge in [-0.2, -0.15) is 0 Å². The summed E-state index contributed by atoms with van der Waals surface area (Å²) < 4.78 is 2.10. The Kier molecular flexibility index (Phi) is 7.89. The van der Waals surface area contributed by atoms with Crippen LogP contribution in [0.5, 0.6) is 0 Å². The number of hydrogen-bond acceptors (Lipinski definition) is 6. The Morgan fingerprint density at radius 1 is 0.840 bits per heavy atom. The van der Waals surface area contributed by atoms with Crippen LogP contribution in [0.2, 0.25) is 0 Å². The van der Waals surface area contributed by atoms with Gasteiger partial charge >= 0.3 is 11.4 Å². The highest BCUT2D eigenvalue weighted by molar-refractivity contribution is 7.71. The summed E-state index contributed by atoms with van der Waals surface area (Å²) in [4.78, 5) is 53.4. The molecule has 0 aromatic carbocycles. The molecular weight excluding hydrogens is 368 g/mol. The van der Waals surface area contributed by atoms with Crippen molar-refractivity contribution in [3.05, 3.63) is 87.9 Å². The minimum atomic E-state index is -0.387. The Bertz CT molecular complexity index is 1040. The molecule has 0 unspecified atom stereocenters. The molecule has 3 aromatic rings. The van der Waals surface area contributed by atoms with Gasteiger partial charge in [-0.1, -0.05) is 12.2 Å². The zero-order valence-corrected chi connectivity index (χ0v) is 14.5. The second-order valence-electron chi connectivity index (χ2n) is 4.31. The summed E-state index contributed by atoms with van der Waals surface area (Å²) in [5, 5.41) is 0. The van der Waals surface area contributed by atoms with E-state index in [1.165, 1.54) is 35.3 Å². The minimum absolute atomic E-state index is 0.172. The molecule has 0 spiro atoms. The van der Waals surface area contributed by atoms with Gasteiger partial charge in [0.2, 0.25) is 0 Å². The molecule has 0 radical (unpaired) electrons. The van der Waals surface area contributed by atoms with E-state index < -0.39 is 0 Å². The fourth-order valence-electron chi connectivity index (χ4n) is 1.25. The first kappa shape index (κ1) is 19.9. The number of H-pyrrole nitrogens is 5. The van der Waals surface area contributed by atoms with Crippen LogP contribution in [-0.2, 0) is 7.05 Å². The maximum Gasteiger partial charge on any atom is 0.328 e. The van der Waals surface area contributed by atoms with E-state index in [4.69, 9.17) is 0 Å². The van der Waals surface area contributed by atoms with E-state index in [9.17, 15) is 19.2 Å². The maximum absolute atomic E-state index is 10.5. The molecule has 3 rings (SSSR count). The number of rotatable bonds is 0. The summed E-state index contributed by atoms with van der Waals surface area (Å²) in [7, 11) is 1.57. The number of hydrogen-bond donors (Lipinski definition) is 5. The van der Waals surface area contributed by atoms with E-state index in [1.54, 1.807) is 13.1 Å². The van der Waals surface area contributed by atoms with Crippen LogP contribution in [0.3, 0.4) is 0 Å². The van der Waals surface area contributed by atoms with Gasteiger partial charge < -0.3 is 14.5 Å². The Labute approximate surface area is 149 Å². The molecule has 5 N–H and O–H groups in total. The second kappa shape index (κ2) is 9.89. The van der Waals surface area contributed by atoms with Crippen LogP contribution in [-0.4, -0.2) is 29.5 Å². The third-order valence-electron chi connectivity index (χ3n) is 2.37. The molecule has 0 aliphatic rings. The van der Waals surface area contributed by atoms with E-state index in [1.807, 2.05) is 0 Å². The molecule has 10 nitrogen and oxygen atoms in total. The summed E-state index contributed by atoms with van der Waals surface area (Å²) in [5.74, 6) is 0. The summed E-state index contributed by atoms with van der Waals surface area (Å²) in [5.41, 5.74) is -1.19.